The van der Waals surface area contributed by atoms with Crippen molar-refractivity contribution in [2.45, 2.75) is 25.9 Å². The van der Waals surface area contributed by atoms with Crippen LogP contribution in [-0.2, 0) is 14.3 Å². The maximum Gasteiger partial charge on any atom is 0.262 e. The van der Waals surface area contributed by atoms with E-state index in [0.29, 0.717) is 42.5 Å². The van der Waals surface area contributed by atoms with Gasteiger partial charge in [0.05, 0.1) is 12.7 Å². The van der Waals surface area contributed by atoms with Crippen LogP contribution in [0.15, 0.2) is 54.1 Å². The second kappa shape index (κ2) is 12.3. The Hall–Kier alpha value is -3.83. The molecule has 0 aromatic heterocycles. The molecule has 33 heavy (non-hydrogen) atoms. The second-order valence-electron chi connectivity index (χ2n) is 7.36. The van der Waals surface area contributed by atoms with E-state index in [1.165, 1.54) is 6.08 Å². The van der Waals surface area contributed by atoms with Gasteiger partial charge >= 0.3 is 0 Å². The van der Waals surface area contributed by atoms with Crippen molar-refractivity contribution >= 4 is 23.6 Å². The lowest BCUT2D eigenvalue weighted by atomic mass is 10.1. The van der Waals surface area contributed by atoms with E-state index in [9.17, 15) is 14.9 Å². The van der Waals surface area contributed by atoms with Crippen LogP contribution < -0.4 is 20.1 Å². The van der Waals surface area contributed by atoms with Gasteiger partial charge in [0.15, 0.2) is 18.1 Å². The standard InChI is InChI=1S/C25H27N3O5/c1-2-31-23-14-18(13-19(15-26)25(30)27-16-21-9-6-12-32-21)10-11-22(23)33-17-24(29)28-20-7-4-3-5-8-20/h3-5,7-8,10-11,13-14,21H,2,6,9,12,16-17H2,1H3,(H,27,30)(H,28,29)/b19-13+/t21-/m1/s1. The molecule has 1 aliphatic rings. The molecule has 8 heteroatoms. The van der Waals surface area contributed by atoms with Crippen LogP contribution in [0, 0.1) is 11.3 Å². The zero-order chi connectivity index (χ0) is 23.5. The summed E-state index contributed by atoms with van der Waals surface area (Å²) in [5, 5.41) is 14.9. The first-order valence-corrected chi connectivity index (χ1v) is 10.8. The fourth-order valence-corrected chi connectivity index (χ4v) is 3.29. The number of amides is 2. The van der Waals surface area contributed by atoms with E-state index >= 15 is 0 Å². The van der Waals surface area contributed by atoms with E-state index in [0.717, 1.165) is 12.8 Å². The normalized spacial score (nSPS) is 15.4. The highest BCUT2D eigenvalue weighted by atomic mass is 16.5. The highest BCUT2D eigenvalue weighted by molar-refractivity contribution is 6.01. The van der Waals surface area contributed by atoms with Crippen molar-refractivity contribution < 1.29 is 23.8 Å². The number of hydrogen-bond acceptors (Lipinski definition) is 6. The minimum Gasteiger partial charge on any atom is -0.490 e. The molecule has 1 saturated heterocycles. The van der Waals surface area contributed by atoms with Gasteiger partial charge in [-0.05, 0) is 55.7 Å². The van der Waals surface area contributed by atoms with Crippen LogP contribution in [0.25, 0.3) is 6.08 Å². The first-order valence-electron chi connectivity index (χ1n) is 10.8. The van der Waals surface area contributed by atoms with Gasteiger partial charge in [0.1, 0.15) is 11.6 Å². The molecule has 0 saturated carbocycles. The number of carbonyl (C=O) groups excluding carboxylic acids is 2. The molecule has 0 unspecified atom stereocenters. The maximum absolute atomic E-state index is 12.4. The van der Waals surface area contributed by atoms with E-state index in [4.69, 9.17) is 14.2 Å². The number of benzene rings is 2. The zero-order valence-electron chi connectivity index (χ0n) is 18.5. The highest BCUT2D eigenvalue weighted by Crippen LogP contribution is 2.29. The molecule has 172 valence electrons. The van der Waals surface area contributed by atoms with Crippen molar-refractivity contribution in [3.8, 4) is 17.6 Å². The second-order valence-corrected chi connectivity index (χ2v) is 7.36. The summed E-state index contributed by atoms with van der Waals surface area (Å²) in [6.07, 6.45) is 3.35. The average Bonchev–Trinajstić information content (AvgIpc) is 3.35. The molecule has 2 amide bonds. The van der Waals surface area contributed by atoms with Gasteiger partial charge in [0, 0.05) is 18.8 Å². The summed E-state index contributed by atoms with van der Waals surface area (Å²) in [6.45, 7) is 3.09. The summed E-state index contributed by atoms with van der Waals surface area (Å²) in [7, 11) is 0. The van der Waals surface area contributed by atoms with E-state index in [2.05, 4.69) is 10.6 Å². The maximum atomic E-state index is 12.4. The van der Waals surface area contributed by atoms with Crippen molar-refractivity contribution in [1.82, 2.24) is 5.32 Å². The molecule has 1 aliphatic heterocycles. The van der Waals surface area contributed by atoms with Crippen LogP contribution in [-0.4, -0.2) is 44.3 Å². The van der Waals surface area contributed by atoms with Crippen molar-refractivity contribution in [3.63, 3.8) is 0 Å². The van der Waals surface area contributed by atoms with Gasteiger partial charge in [0.2, 0.25) is 0 Å². The molecule has 1 heterocycles. The number of carbonyl (C=O) groups is 2. The largest absolute Gasteiger partial charge is 0.490 e. The third kappa shape index (κ3) is 7.37. The summed E-state index contributed by atoms with van der Waals surface area (Å²) in [4.78, 5) is 24.5. The van der Waals surface area contributed by atoms with Gasteiger partial charge in [-0.25, -0.2) is 0 Å². The average molecular weight is 450 g/mol. The zero-order valence-corrected chi connectivity index (χ0v) is 18.5. The molecular formula is C25H27N3O5. The molecule has 2 N–H and O–H groups in total. The molecule has 0 aliphatic carbocycles. The molecule has 1 atom stereocenters. The third-order valence-corrected chi connectivity index (χ3v) is 4.87. The predicted molar refractivity (Wildman–Crippen MR) is 124 cm³/mol. The van der Waals surface area contributed by atoms with Crippen LogP contribution in [0.3, 0.4) is 0 Å². The molecule has 2 aromatic carbocycles. The Labute approximate surface area is 193 Å². The molecule has 0 spiro atoms. The van der Waals surface area contributed by atoms with Crippen LogP contribution >= 0.6 is 0 Å². The Balaban J connectivity index is 1.64. The van der Waals surface area contributed by atoms with Crippen LogP contribution in [0.2, 0.25) is 0 Å². The summed E-state index contributed by atoms with van der Waals surface area (Å²) in [5.41, 5.74) is 1.26. The van der Waals surface area contributed by atoms with E-state index < -0.39 is 5.91 Å². The number of nitriles is 1. The summed E-state index contributed by atoms with van der Waals surface area (Å²) in [6, 6.07) is 16.0. The van der Waals surface area contributed by atoms with Crippen molar-refractivity contribution in [3.05, 3.63) is 59.7 Å². The Morgan fingerprint density at radius 3 is 2.70 bits per heavy atom. The van der Waals surface area contributed by atoms with Crippen LogP contribution in [0.5, 0.6) is 11.5 Å². The molecule has 2 aromatic rings. The minimum atomic E-state index is -0.455. The lowest BCUT2D eigenvalue weighted by Crippen LogP contribution is -2.32. The van der Waals surface area contributed by atoms with E-state index in [-0.39, 0.29) is 24.2 Å². The Bertz CT molecular complexity index is 1020. The molecule has 8 nitrogen and oxygen atoms in total. The Morgan fingerprint density at radius 1 is 1.18 bits per heavy atom. The topological polar surface area (TPSA) is 110 Å². The smallest absolute Gasteiger partial charge is 0.262 e. The summed E-state index contributed by atoms with van der Waals surface area (Å²) < 4.78 is 16.8. The number of anilines is 1. The van der Waals surface area contributed by atoms with Crippen LogP contribution in [0.1, 0.15) is 25.3 Å². The van der Waals surface area contributed by atoms with Crippen molar-refractivity contribution in [1.29, 1.82) is 5.26 Å². The predicted octanol–water partition coefficient (Wildman–Crippen LogP) is 3.30. The van der Waals surface area contributed by atoms with Crippen molar-refractivity contribution in [2.24, 2.45) is 0 Å². The van der Waals surface area contributed by atoms with Crippen LogP contribution in [0.4, 0.5) is 5.69 Å². The first kappa shape index (κ1) is 23.8. The molecular weight excluding hydrogens is 422 g/mol. The molecule has 3 rings (SSSR count). The number of hydrogen-bond donors (Lipinski definition) is 2. The van der Waals surface area contributed by atoms with Gasteiger partial charge in [0.25, 0.3) is 11.8 Å². The number of nitrogens with zero attached hydrogens (tertiary/aromatic N) is 1. The van der Waals surface area contributed by atoms with E-state index in [1.54, 1.807) is 30.3 Å². The number of nitrogens with one attached hydrogen (secondary N) is 2. The van der Waals surface area contributed by atoms with Gasteiger partial charge < -0.3 is 24.8 Å². The number of rotatable bonds is 10. The summed E-state index contributed by atoms with van der Waals surface area (Å²) >= 11 is 0. The van der Waals surface area contributed by atoms with Crippen molar-refractivity contribution in [2.75, 3.05) is 31.7 Å². The van der Waals surface area contributed by atoms with Gasteiger partial charge in [-0.15, -0.1) is 0 Å². The SMILES string of the molecule is CCOc1cc(/C=C(\C#N)C(=O)NC[C@H]2CCCO2)ccc1OCC(=O)Nc1ccccc1. The van der Waals surface area contributed by atoms with Gasteiger partial charge in [-0.3, -0.25) is 9.59 Å². The van der Waals surface area contributed by atoms with E-state index in [1.807, 2.05) is 31.2 Å². The summed E-state index contributed by atoms with van der Waals surface area (Å²) in [5.74, 6) is 0.0422. The number of ether oxygens (including phenoxy) is 3. The Kier molecular flexibility index (Phi) is 8.86. The first-order chi connectivity index (χ1) is 16.1. The monoisotopic (exact) mass is 449 g/mol. The lowest BCUT2D eigenvalue weighted by Gasteiger charge is -2.13. The lowest BCUT2D eigenvalue weighted by molar-refractivity contribution is -0.118. The Morgan fingerprint density at radius 2 is 2.00 bits per heavy atom. The quantitative estimate of drug-likeness (QED) is 0.425. The minimum absolute atomic E-state index is 0.00558. The van der Waals surface area contributed by atoms with Gasteiger partial charge in [-0.1, -0.05) is 24.3 Å². The third-order valence-electron chi connectivity index (χ3n) is 4.87. The fourth-order valence-electron chi connectivity index (χ4n) is 3.29. The number of para-hydroxylation sites is 1. The highest BCUT2D eigenvalue weighted by Gasteiger charge is 2.18. The molecule has 0 bridgehead atoms. The molecule has 1 fully saturated rings. The fraction of sp³-hybridized carbons (Fsp3) is 0.320. The van der Waals surface area contributed by atoms with Gasteiger partial charge in [-0.2, -0.15) is 5.26 Å². The molecule has 0 radical (unpaired) electrons.